The van der Waals surface area contributed by atoms with Gasteiger partial charge in [0, 0.05) is 13.1 Å². The van der Waals surface area contributed by atoms with E-state index in [-0.39, 0.29) is 0 Å². The largest absolute Gasteiger partial charge is 0.478 e. The molecule has 0 aliphatic heterocycles. The predicted octanol–water partition coefficient (Wildman–Crippen LogP) is 3.01. The molecule has 0 fully saturated rings. The number of hydrogen-bond acceptors (Lipinski definition) is 2. The minimum atomic E-state index is -0.867. The van der Waals surface area contributed by atoms with Crippen LogP contribution >= 0.6 is 0 Å². The van der Waals surface area contributed by atoms with Crippen molar-refractivity contribution in [3.05, 3.63) is 29.8 Å². The highest BCUT2D eigenvalue weighted by molar-refractivity contribution is 5.94. The molecule has 0 aliphatic rings. The predicted molar refractivity (Wildman–Crippen MR) is 66.2 cm³/mol. The number of nitrogens with zero attached hydrogens (tertiary/aromatic N) is 1. The molecule has 0 heterocycles. The van der Waals surface area contributed by atoms with Crippen LogP contribution in [0.5, 0.6) is 0 Å². The SMILES string of the molecule is CCC(CC)N(C)c1ccccc1C(=O)O. The second kappa shape index (κ2) is 5.54. The minimum absolute atomic E-state index is 0.372. The maximum atomic E-state index is 11.1. The van der Waals surface area contributed by atoms with E-state index in [0.717, 1.165) is 18.5 Å². The highest BCUT2D eigenvalue weighted by atomic mass is 16.4. The van der Waals surface area contributed by atoms with E-state index in [9.17, 15) is 4.79 Å². The van der Waals surface area contributed by atoms with Crippen LogP contribution in [0, 0.1) is 0 Å². The van der Waals surface area contributed by atoms with E-state index in [2.05, 4.69) is 18.7 Å². The van der Waals surface area contributed by atoms with Crippen LogP contribution in [-0.4, -0.2) is 24.2 Å². The summed E-state index contributed by atoms with van der Waals surface area (Å²) in [5, 5.41) is 9.12. The van der Waals surface area contributed by atoms with E-state index in [1.54, 1.807) is 12.1 Å². The summed E-state index contributed by atoms with van der Waals surface area (Å²) in [5.41, 5.74) is 1.17. The van der Waals surface area contributed by atoms with Crippen LogP contribution < -0.4 is 4.90 Å². The number of carboxylic acid groups (broad SMARTS) is 1. The molecule has 3 nitrogen and oxygen atoms in total. The second-order valence-corrected chi connectivity index (χ2v) is 3.90. The summed E-state index contributed by atoms with van der Waals surface area (Å²) in [6.07, 6.45) is 2.03. The molecule has 0 spiro atoms. The smallest absolute Gasteiger partial charge is 0.337 e. The van der Waals surface area contributed by atoms with Gasteiger partial charge in [-0.1, -0.05) is 26.0 Å². The summed E-state index contributed by atoms with van der Waals surface area (Å²) in [5.74, 6) is -0.867. The van der Waals surface area contributed by atoms with Gasteiger partial charge in [0.05, 0.1) is 11.3 Å². The summed E-state index contributed by atoms with van der Waals surface area (Å²) in [6, 6.07) is 7.53. The number of anilines is 1. The van der Waals surface area contributed by atoms with Crippen molar-refractivity contribution in [1.29, 1.82) is 0 Å². The zero-order valence-electron chi connectivity index (χ0n) is 10.1. The Kier molecular flexibility index (Phi) is 4.35. The number of carbonyl (C=O) groups is 1. The van der Waals surface area contributed by atoms with Gasteiger partial charge in [0.15, 0.2) is 0 Å². The van der Waals surface area contributed by atoms with E-state index in [4.69, 9.17) is 5.11 Å². The van der Waals surface area contributed by atoms with Crippen molar-refractivity contribution in [3.8, 4) is 0 Å². The molecular weight excluding hydrogens is 202 g/mol. The summed E-state index contributed by atoms with van der Waals surface area (Å²) in [6.45, 7) is 4.24. The van der Waals surface area contributed by atoms with E-state index < -0.39 is 5.97 Å². The van der Waals surface area contributed by atoms with E-state index in [1.807, 2.05) is 19.2 Å². The molecule has 1 aromatic rings. The lowest BCUT2D eigenvalue weighted by Crippen LogP contribution is -2.31. The number of carboxylic acids is 1. The molecule has 88 valence electrons. The first-order chi connectivity index (χ1) is 7.61. The molecule has 0 radical (unpaired) electrons. The van der Waals surface area contributed by atoms with Gasteiger partial charge in [-0.3, -0.25) is 0 Å². The third-order valence-corrected chi connectivity index (χ3v) is 3.00. The fourth-order valence-corrected chi connectivity index (χ4v) is 2.00. The van der Waals surface area contributed by atoms with Crippen molar-refractivity contribution >= 4 is 11.7 Å². The molecule has 0 atom stereocenters. The summed E-state index contributed by atoms with van der Waals surface area (Å²) < 4.78 is 0. The molecule has 1 N–H and O–H groups in total. The quantitative estimate of drug-likeness (QED) is 0.830. The van der Waals surface area contributed by atoms with Crippen molar-refractivity contribution in [2.45, 2.75) is 32.7 Å². The Morgan fingerprint density at radius 2 is 1.88 bits per heavy atom. The van der Waals surface area contributed by atoms with E-state index in [1.165, 1.54) is 0 Å². The highest BCUT2D eigenvalue weighted by Gasteiger charge is 2.17. The monoisotopic (exact) mass is 221 g/mol. The molecule has 1 rings (SSSR count). The van der Waals surface area contributed by atoms with Crippen molar-refractivity contribution in [3.63, 3.8) is 0 Å². The molecule has 16 heavy (non-hydrogen) atoms. The van der Waals surface area contributed by atoms with Crippen molar-refractivity contribution in [2.24, 2.45) is 0 Å². The molecule has 3 heteroatoms. The highest BCUT2D eigenvalue weighted by Crippen LogP contribution is 2.23. The zero-order chi connectivity index (χ0) is 12.1. The molecule has 0 bridgehead atoms. The number of hydrogen-bond donors (Lipinski definition) is 1. The number of para-hydroxylation sites is 1. The third kappa shape index (κ3) is 2.54. The molecular formula is C13H19NO2. The Bertz CT molecular complexity index is 359. The molecule has 0 amide bonds. The first-order valence-electron chi connectivity index (χ1n) is 5.66. The van der Waals surface area contributed by atoms with Crippen LogP contribution in [0.4, 0.5) is 5.69 Å². The molecule has 0 saturated heterocycles. The van der Waals surface area contributed by atoms with Gasteiger partial charge in [0.1, 0.15) is 0 Å². The Labute approximate surface area is 96.7 Å². The molecule has 0 aromatic heterocycles. The molecule has 0 aliphatic carbocycles. The Hall–Kier alpha value is -1.51. The molecule has 0 saturated carbocycles. The van der Waals surface area contributed by atoms with E-state index >= 15 is 0 Å². The number of rotatable bonds is 5. The standard InChI is InChI=1S/C13H19NO2/c1-4-10(5-2)14(3)12-9-7-6-8-11(12)13(15)16/h6-10H,4-5H2,1-3H3,(H,15,16). The molecule has 1 aromatic carbocycles. The maximum Gasteiger partial charge on any atom is 0.337 e. The topological polar surface area (TPSA) is 40.5 Å². The van der Waals surface area contributed by atoms with Crippen molar-refractivity contribution < 1.29 is 9.90 Å². The third-order valence-electron chi connectivity index (χ3n) is 3.00. The average molecular weight is 221 g/mol. The zero-order valence-corrected chi connectivity index (χ0v) is 10.1. The number of benzene rings is 1. The summed E-state index contributed by atoms with van der Waals surface area (Å²) >= 11 is 0. The van der Waals surface area contributed by atoms with Gasteiger partial charge in [0.25, 0.3) is 0 Å². The van der Waals surface area contributed by atoms with E-state index in [0.29, 0.717) is 11.6 Å². The van der Waals surface area contributed by atoms with Crippen molar-refractivity contribution in [1.82, 2.24) is 0 Å². The van der Waals surface area contributed by atoms with Gasteiger partial charge in [-0.15, -0.1) is 0 Å². The molecule has 0 unspecified atom stereocenters. The van der Waals surface area contributed by atoms with Crippen LogP contribution in [0.25, 0.3) is 0 Å². The lowest BCUT2D eigenvalue weighted by atomic mass is 10.1. The number of aromatic carboxylic acids is 1. The van der Waals surface area contributed by atoms with Gasteiger partial charge in [-0.25, -0.2) is 4.79 Å². The lowest BCUT2D eigenvalue weighted by molar-refractivity contribution is 0.0697. The summed E-state index contributed by atoms with van der Waals surface area (Å²) in [7, 11) is 1.96. The van der Waals surface area contributed by atoms with Crippen LogP contribution in [0.15, 0.2) is 24.3 Å². The average Bonchev–Trinajstić information content (AvgIpc) is 2.30. The first kappa shape index (κ1) is 12.6. The Balaban J connectivity index is 3.07. The Morgan fingerprint density at radius 3 is 2.38 bits per heavy atom. The van der Waals surface area contributed by atoms with Crippen LogP contribution in [0.3, 0.4) is 0 Å². The normalized spacial score (nSPS) is 10.5. The first-order valence-corrected chi connectivity index (χ1v) is 5.66. The maximum absolute atomic E-state index is 11.1. The lowest BCUT2D eigenvalue weighted by Gasteiger charge is -2.29. The van der Waals surface area contributed by atoms with Crippen LogP contribution in [-0.2, 0) is 0 Å². The van der Waals surface area contributed by atoms with Gasteiger partial charge in [-0.05, 0) is 25.0 Å². The fourth-order valence-electron chi connectivity index (χ4n) is 2.00. The van der Waals surface area contributed by atoms with Gasteiger partial charge in [-0.2, -0.15) is 0 Å². The fraction of sp³-hybridized carbons (Fsp3) is 0.462. The van der Waals surface area contributed by atoms with Gasteiger partial charge in [0.2, 0.25) is 0 Å². The second-order valence-electron chi connectivity index (χ2n) is 3.90. The minimum Gasteiger partial charge on any atom is -0.478 e. The Morgan fingerprint density at radius 1 is 1.31 bits per heavy atom. The van der Waals surface area contributed by atoms with Gasteiger partial charge >= 0.3 is 5.97 Å². The summed E-state index contributed by atoms with van der Waals surface area (Å²) in [4.78, 5) is 13.2. The van der Waals surface area contributed by atoms with Crippen molar-refractivity contribution in [2.75, 3.05) is 11.9 Å². The van der Waals surface area contributed by atoms with Gasteiger partial charge < -0.3 is 10.0 Å². The van der Waals surface area contributed by atoms with Crippen LogP contribution in [0.2, 0.25) is 0 Å². The van der Waals surface area contributed by atoms with Crippen LogP contribution in [0.1, 0.15) is 37.0 Å².